The summed E-state index contributed by atoms with van der Waals surface area (Å²) in [5, 5.41) is 0. The Morgan fingerprint density at radius 3 is 1.62 bits per heavy atom. The Hall–Kier alpha value is -0.550. The van der Waals surface area contributed by atoms with Crippen LogP contribution in [0.4, 0.5) is 0 Å². The number of carbonyl (C=O) groups excluding carboxylic acids is 1. The molecule has 0 aromatic carbocycles. The van der Waals surface area contributed by atoms with Crippen LogP contribution in [0.3, 0.4) is 0 Å². The van der Waals surface area contributed by atoms with Gasteiger partial charge >= 0.3 is 0 Å². The van der Waals surface area contributed by atoms with Crippen molar-refractivity contribution >= 4 is 5.94 Å². The highest BCUT2D eigenvalue weighted by molar-refractivity contribution is 5.44. The van der Waals surface area contributed by atoms with Gasteiger partial charge in [-0.15, -0.1) is 0 Å². The summed E-state index contributed by atoms with van der Waals surface area (Å²) in [4.78, 5) is 9.91. The average Bonchev–Trinajstić information content (AvgIpc) is 2.31. The molecule has 0 amide bonds. The molecule has 0 spiro atoms. The van der Waals surface area contributed by atoms with Gasteiger partial charge in [-0.2, -0.15) is 0 Å². The molecule has 0 aromatic rings. The zero-order valence-corrected chi connectivity index (χ0v) is 11.0. The molecule has 1 heteroatoms. The van der Waals surface area contributed by atoms with Gasteiger partial charge in [0.1, 0.15) is 5.94 Å². The Morgan fingerprint density at radius 2 is 1.19 bits per heavy atom. The van der Waals surface area contributed by atoms with Gasteiger partial charge in [0, 0.05) is 0 Å². The number of hydrogen-bond donors (Lipinski definition) is 0. The Balaban J connectivity index is 2.90. The minimum atomic E-state index is 0.917. The van der Waals surface area contributed by atoms with Crippen molar-refractivity contribution in [2.75, 3.05) is 0 Å². The van der Waals surface area contributed by atoms with Crippen molar-refractivity contribution in [3.8, 4) is 0 Å². The van der Waals surface area contributed by atoms with Gasteiger partial charge in [-0.3, -0.25) is 0 Å². The minimum Gasteiger partial charge on any atom is -0.234 e. The number of unbranched alkanes of at least 4 members (excludes halogenated alkanes) is 11. The Kier molecular flexibility index (Phi) is 14.0. The highest BCUT2D eigenvalue weighted by atomic mass is 16.1. The molecule has 0 radical (unpaired) electrons. The molecule has 0 fully saturated rings. The lowest BCUT2D eigenvalue weighted by atomic mass is 10.1. The monoisotopic (exact) mass is 224 g/mol. The summed E-state index contributed by atoms with van der Waals surface area (Å²) >= 11 is 0. The average molecular weight is 224 g/mol. The van der Waals surface area contributed by atoms with E-state index in [1.165, 1.54) is 64.2 Å². The molecule has 0 rings (SSSR count). The van der Waals surface area contributed by atoms with Gasteiger partial charge in [0.2, 0.25) is 0 Å². The van der Waals surface area contributed by atoms with Crippen molar-refractivity contribution in [3.05, 3.63) is 6.08 Å². The standard InChI is InChI=1S/C15H28O/c1-2-3-4-5-6-7-8-9-10-11-12-13-14-15-16/h14H,2-13H2,1H3. The predicted molar refractivity (Wildman–Crippen MR) is 71.3 cm³/mol. The summed E-state index contributed by atoms with van der Waals surface area (Å²) in [7, 11) is 0. The van der Waals surface area contributed by atoms with Gasteiger partial charge < -0.3 is 0 Å². The first-order valence-corrected chi connectivity index (χ1v) is 7.11. The van der Waals surface area contributed by atoms with Crippen LogP contribution in [0.25, 0.3) is 0 Å². The minimum absolute atomic E-state index is 0.917. The summed E-state index contributed by atoms with van der Waals surface area (Å²) in [6.45, 7) is 2.26. The lowest BCUT2D eigenvalue weighted by molar-refractivity contribution is 0.549. The highest BCUT2D eigenvalue weighted by Crippen LogP contribution is 2.11. The molecule has 0 aromatic heterocycles. The molecule has 94 valence electrons. The van der Waals surface area contributed by atoms with Crippen molar-refractivity contribution in [2.24, 2.45) is 0 Å². The van der Waals surface area contributed by atoms with E-state index >= 15 is 0 Å². The van der Waals surface area contributed by atoms with Gasteiger partial charge in [0.05, 0.1) is 0 Å². The zero-order chi connectivity index (χ0) is 11.9. The van der Waals surface area contributed by atoms with Crippen molar-refractivity contribution in [1.82, 2.24) is 0 Å². The van der Waals surface area contributed by atoms with Crippen molar-refractivity contribution in [3.63, 3.8) is 0 Å². The molecule has 0 aliphatic carbocycles. The Morgan fingerprint density at radius 1 is 0.750 bits per heavy atom. The van der Waals surface area contributed by atoms with E-state index < -0.39 is 0 Å². The Bertz CT molecular complexity index is 168. The number of hydrogen-bond acceptors (Lipinski definition) is 1. The van der Waals surface area contributed by atoms with Crippen LogP contribution in [0.1, 0.15) is 84.0 Å². The maximum Gasteiger partial charge on any atom is 0.120 e. The summed E-state index contributed by atoms with van der Waals surface area (Å²) in [6, 6.07) is 0. The van der Waals surface area contributed by atoms with Gasteiger partial charge in [-0.1, -0.05) is 71.1 Å². The third-order valence-electron chi connectivity index (χ3n) is 3.04. The van der Waals surface area contributed by atoms with Gasteiger partial charge in [-0.25, -0.2) is 4.79 Å². The van der Waals surface area contributed by atoms with Crippen LogP contribution in [0.2, 0.25) is 0 Å². The molecule has 0 saturated carbocycles. The largest absolute Gasteiger partial charge is 0.234 e. The molecule has 16 heavy (non-hydrogen) atoms. The second-order valence-electron chi connectivity index (χ2n) is 4.65. The molecule has 0 saturated heterocycles. The maximum absolute atomic E-state index is 9.91. The number of rotatable bonds is 12. The topological polar surface area (TPSA) is 17.1 Å². The zero-order valence-electron chi connectivity index (χ0n) is 11.0. The first-order valence-electron chi connectivity index (χ1n) is 7.11. The third-order valence-corrected chi connectivity index (χ3v) is 3.04. The van der Waals surface area contributed by atoms with E-state index in [1.54, 1.807) is 6.08 Å². The summed E-state index contributed by atoms with van der Waals surface area (Å²) in [5.41, 5.74) is 0. The van der Waals surface area contributed by atoms with E-state index in [0.29, 0.717) is 0 Å². The van der Waals surface area contributed by atoms with Crippen LogP contribution < -0.4 is 0 Å². The lowest BCUT2D eigenvalue weighted by Gasteiger charge is -2.01. The van der Waals surface area contributed by atoms with Crippen molar-refractivity contribution < 1.29 is 4.79 Å². The van der Waals surface area contributed by atoms with E-state index in [2.05, 4.69) is 6.92 Å². The molecule has 1 nitrogen and oxygen atoms in total. The van der Waals surface area contributed by atoms with Crippen LogP contribution in [0.15, 0.2) is 6.08 Å². The molecule has 0 aliphatic rings. The van der Waals surface area contributed by atoms with E-state index in [4.69, 9.17) is 0 Å². The van der Waals surface area contributed by atoms with E-state index in [9.17, 15) is 4.79 Å². The first-order chi connectivity index (χ1) is 7.91. The second kappa shape index (κ2) is 14.5. The predicted octanol–water partition coefficient (Wildman–Crippen LogP) is 5.08. The molecule has 0 unspecified atom stereocenters. The highest BCUT2D eigenvalue weighted by Gasteiger charge is 1.92. The van der Waals surface area contributed by atoms with Crippen LogP contribution in [-0.2, 0) is 4.79 Å². The number of allylic oxidation sites excluding steroid dienone is 1. The molecule has 0 atom stereocenters. The van der Waals surface area contributed by atoms with Crippen LogP contribution in [-0.4, -0.2) is 5.94 Å². The summed E-state index contributed by atoms with van der Waals surface area (Å²) < 4.78 is 0. The fourth-order valence-corrected chi connectivity index (χ4v) is 1.97. The molecule has 0 aliphatic heterocycles. The van der Waals surface area contributed by atoms with E-state index in [-0.39, 0.29) is 0 Å². The Labute approximate surface area is 101 Å². The van der Waals surface area contributed by atoms with Crippen LogP contribution >= 0.6 is 0 Å². The fraction of sp³-hybridized carbons (Fsp3) is 0.867. The van der Waals surface area contributed by atoms with Crippen LogP contribution in [0, 0.1) is 0 Å². The summed E-state index contributed by atoms with van der Waals surface area (Å²) in [5.74, 6) is 1.83. The van der Waals surface area contributed by atoms with Gasteiger partial charge in [0.15, 0.2) is 0 Å². The van der Waals surface area contributed by atoms with E-state index in [0.717, 1.165) is 12.8 Å². The molecule has 0 N–H and O–H groups in total. The molecule has 0 bridgehead atoms. The normalized spacial score (nSPS) is 10.1. The second-order valence-corrected chi connectivity index (χ2v) is 4.65. The molecule has 0 heterocycles. The summed E-state index contributed by atoms with van der Waals surface area (Å²) in [6.07, 6.45) is 17.5. The molecular formula is C15H28O. The van der Waals surface area contributed by atoms with E-state index in [1.807, 2.05) is 5.94 Å². The molecular weight excluding hydrogens is 196 g/mol. The first kappa shape index (κ1) is 15.4. The maximum atomic E-state index is 9.91. The van der Waals surface area contributed by atoms with Gasteiger partial charge in [0.25, 0.3) is 0 Å². The van der Waals surface area contributed by atoms with Crippen LogP contribution in [0.5, 0.6) is 0 Å². The van der Waals surface area contributed by atoms with Crippen molar-refractivity contribution in [1.29, 1.82) is 0 Å². The van der Waals surface area contributed by atoms with Crippen molar-refractivity contribution in [2.45, 2.75) is 84.0 Å². The SMILES string of the molecule is CCCCCCCCCCCCCC=C=O. The lowest BCUT2D eigenvalue weighted by Crippen LogP contribution is -1.81. The smallest absolute Gasteiger partial charge is 0.120 e. The van der Waals surface area contributed by atoms with Gasteiger partial charge in [-0.05, 0) is 18.9 Å². The quantitative estimate of drug-likeness (QED) is 0.334. The third kappa shape index (κ3) is 13.4. The fourth-order valence-electron chi connectivity index (χ4n) is 1.97.